The van der Waals surface area contributed by atoms with Crippen molar-refractivity contribution >= 4 is 27.7 Å². The van der Waals surface area contributed by atoms with Crippen LogP contribution in [0.1, 0.15) is 32.1 Å². The smallest absolute Gasteiger partial charge is 0.160 e. The summed E-state index contributed by atoms with van der Waals surface area (Å²) in [5.74, 6) is 0.999. The van der Waals surface area contributed by atoms with Crippen molar-refractivity contribution in [3.05, 3.63) is 0 Å². The fourth-order valence-corrected chi connectivity index (χ4v) is 2.76. The highest BCUT2D eigenvalue weighted by molar-refractivity contribution is 9.09. The molecule has 1 aliphatic carbocycles. The monoisotopic (exact) mass is 290 g/mol. The molecule has 1 saturated carbocycles. The molecule has 14 heavy (non-hydrogen) atoms. The molecule has 0 amide bonds. The molecule has 0 aromatic rings. The molecule has 1 aliphatic rings. The second-order valence-corrected chi connectivity index (χ2v) is 5.98. The first-order chi connectivity index (χ1) is 6.49. The third-order valence-electron chi connectivity index (χ3n) is 2.27. The molecule has 5 heteroatoms. The third kappa shape index (κ3) is 6.17. The largest absolute Gasteiger partial charge is 0.441 e. The number of alkyl halides is 4. The summed E-state index contributed by atoms with van der Waals surface area (Å²) in [6.07, 6.45) is 5.15. The molecule has 1 unspecified atom stereocenters. The Balaban J connectivity index is 1.88. The normalized spacial score (nSPS) is 19.7. The van der Waals surface area contributed by atoms with Crippen LogP contribution in [-0.4, -0.2) is 16.1 Å². The molecule has 0 heterocycles. The highest BCUT2D eigenvalue weighted by Gasteiger charge is 2.29. The second kappa shape index (κ2) is 5.64. The van der Waals surface area contributed by atoms with E-state index in [0.717, 1.165) is 18.8 Å². The summed E-state index contributed by atoms with van der Waals surface area (Å²) in [5, 5.41) is 0. The van der Waals surface area contributed by atoms with Crippen LogP contribution < -0.4 is 0 Å². The van der Waals surface area contributed by atoms with Crippen molar-refractivity contribution in [2.45, 2.75) is 42.4 Å². The van der Waals surface area contributed by atoms with Gasteiger partial charge in [-0.05, 0) is 31.6 Å². The third-order valence-corrected chi connectivity index (χ3v) is 4.30. The first kappa shape index (κ1) is 12.7. The minimum atomic E-state index is -4.05. The van der Waals surface area contributed by atoms with Gasteiger partial charge in [0.25, 0.3) is 0 Å². The van der Waals surface area contributed by atoms with E-state index in [4.69, 9.17) is 0 Å². The van der Waals surface area contributed by atoms with Crippen molar-refractivity contribution in [2.24, 2.45) is 5.92 Å². The van der Waals surface area contributed by atoms with E-state index in [-0.39, 0.29) is 17.5 Å². The van der Waals surface area contributed by atoms with Crippen LogP contribution in [0.5, 0.6) is 0 Å². The van der Waals surface area contributed by atoms with Crippen molar-refractivity contribution in [2.75, 3.05) is 5.75 Å². The topological polar surface area (TPSA) is 0 Å². The van der Waals surface area contributed by atoms with Crippen molar-refractivity contribution in [1.82, 2.24) is 0 Å². The molecule has 1 fully saturated rings. The Hall–Kier alpha value is 0.620. The van der Waals surface area contributed by atoms with E-state index in [1.165, 1.54) is 12.8 Å². The summed E-state index contributed by atoms with van der Waals surface area (Å²) in [7, 11) is 0. The zero-order valence-corrected chi connectivity index (χ0v) is 10.2. The van der Waals surface area contributed by atoms with E-state index in [2.05, 4.69) is 15.9 Å². The van der Waals surface area contributed by atoms with Crippen LogP contribution in [0.25, 0.3) is 0 Å². The van der Waals surface area contributed by atoms with Crippen LogP contribution in [0.15, 0.2) is 0 Å². The van der Waals surface area contributed by atoms with Crippen LogP contribution in [0.4, 0.5) is 13.2 Å². The first-order valence-corrected chi connectivity index (χ1v) is 6.74. The molecule has 0 bridgehead atoms. The number of rotatable bonds is 6. The summed E-state index contributed by atoms with van der Waals surface area (Å²) in [4.78, 5) is 0.540. The maximum atomic E-state index is 11.7. The van der Waals surface area contributed by atoms with E-state index < -0.39 is 5.51 Å². The summed E-state index contributed by atoms with van der Waals surface area (Å²) >= 11 is 3.66. The Bertz CT molecular complexity index is 168. The molecule has 1 rings (SSSR count). The number of hydrogen-bond donors (Lipinski definition) is 0. The fraction of sp³-hybridized carbons (Fsp3) is 1.00. The molecule has 0 N–H and O–H groups in total. The average molecular weight is 291 g/mol. The van der Waals surface area contributed by atoms with Crippen LogP contribution >= 0.6 is 27.7 Å². The van der Waals surface area contributed by atoms with Gasteiger partial charge in [-0.2, -0.15) is 13.2 Å². The van der Waals surface area contributed by atoms with Gasteiger partial charge in [-0.1, -0.05) is 34.1 Å². The number of thioether (sulfide) groups is 1. The highest BCUT2D eigenvalue weighted by atomic mass is 79.9. The molecule has 0 aliphatic heterocycles. The SMILES string of the molecule is FC(F)(F)SCCCCC(Br)C1CC1. The van der Waals surface area contributed by atoms with Gasteiger partial charge in [0, 0.05) is 10.6 Å². The van der Waals surface area contributed by atoms with Crippen molar-refractivity contribution in [3.8, 4) is 0 Å². The Kier molecular flexibility index (Phi) is 5.11. The quantitative estimate of drug-likeness (QED) is 0.510. The Morgan fingerprint density at radius 1 is 1.29 bits per heavy atom. The van der Waals surface area contributed by atoms with Gasteiger partial charge >= 0.3 is 5.51 Å². The molecular formula is C9H14BrF3S. The lowest BCUT2D eigenvalue weighted by Gasteiger charge is -2.08. The molecular weight excluding hydrogens is 277 g/mol. The lowest BCUT2D eigenvalue weighted by molar-refractivity contribution is -0.0328. The summed E-state index contributed by atoms with van der Waals surface area (Å²) in [6.45, 7) is 0. The Morgan fingerprint density at radius 2 is 1.93 bits per heavy atom. The fourth-order valence-electron chi connectivity index (χ4n) is 1.32. The van der Waals surface area contributed by atoms with Crippen molar-refractivity contribution in [3.63, 3.8) is 0 Å². The molecule has 0 aromatic carbocycles. The van der Waals surface area contributed by atoms with Gasteiger partial charge in [-0.15, -0.1) is 0 Å². The molecule has 84 valence electrons. The number of unbranched alkanes of at least 4 members (excludes halogenated alkanes) is 1. The van der Waals surface area contributed by atoms with E-state index in [1.807, 2.05) is 0 Å². The number of halogens is 4. The summed E-state index contributed by atoms with van der Waals surface area (Å²) in [6, 6.07) is 0. The molecule has 0 saturated heterocycles. The van der Waals surface area contributed by atoms with Crippen LogP contribution in [0.2, 0.25) is 0 Å². The predicted octanol–water partition coefficient (Wildman–Crippen LogP) is 4.58. The maximum absolute atomic E-state index is 11.7. The zero-order chi connectivity index (χ0) is 10.6. The van der Waals surface area contributed by atoms with Gasteiger partial charge in [-0.25, -0.2) is 0 Å². The van der Waals surface area contributed by atoms with Crippen molar-refractivity contribution in [1.29, 1.82) is 0 Å². The molecule has 0 aromatic heterocycles. The minimum absolute atomic E-state index is 0.0940. The van der Waals surface area contributed by atoms with Gasteiger partial charge in [0.1, 0.15) is 0 Å². The first-order valence-electron chi connectivity index (χ1n) is 4.84. The van der Waals surface area contributed by atoms with E-state index >= 15 is 0 Å². The zero-order valence-electron chi connectivity index (χ0n) is 7.82. The van der Waals surface area contributed by atoms with Gasteiger partial charge < -0.3 is 0 Å². The van der Waals surface area contributed by atoms with Crippen LogP contribution in [-0.2, 0) is 0 Å². The maximum Gasteiger partial charge on any atom is 0.441 e. The van der Waals surface area contributed by atoms with E-state index in [9.17, 15) is 13.2 Å². The summed E-state index contributed by atoms with van der Waals surface area (Å²) in [5.41, 5.74) is -4.05. The Labute approximate surface area is 95.1 Å². The van der Waals surface area contributed by atoms with Gasteiger partial charge in [-0.3, -0.25) is 0 Å². The Morgan fingerprint density at radius 3 is 2.43 bits per heavy atom. The van der Waals surface area contributed by atoms with Crippen molar-refractivity contribution < 1.29 is 13.2 Å². The predicted molar refractivity (Wildman–Crippen MR) is 57.8 cm³/mol. The molecule has 1 atom stereocenters. The molecule has 0 nitrogen and oxygen atoms in total. The average Bonchev–Trinajstić information content (AvgIpc) is 2.83. The minimum Gasteiger partial charge on any atom is -0.160 e. The lowest BCUT2D eigenvalue weighted by Crippen LogP contribution is -2.03. The van der Waals surface area contributed by atoms with Crippen LogP contribution in [0.3, 0.4) is 0 Å². The van der Waals surface area contributed by atoms with Gasteiger partial charge in [0.15, 0.2) is 0 Å². The van der Waals surface area contributed by atoms with Crippen LogP contribution in [0, 0.1) is 5.92 Å². The van der Waals surface area contributed by atoms with E-state index in [1.54, 1.807) is 0 Å². The number of hydrogen-bond acceptors (Lipinski definition) is 1. The summed E-state index contributed by atoms with van der Waals surface area (Å²) < 4.78 is 35.2. The standard InChI is InChI=1S/C9H14BrF3S/c10-8(7-4-5-7)3-1-2-6-14-9(11,12)13/h7-8H,1-6H2. The van der Waals surface area contributed by atoms with Gasteiger partial charge in [0.2, 0.25) is 0 Å². The highest BCUT2D eigenvalue weighted by Crippen LogP contribution is 2.39. The molecule has 0 spiro atoms. The lowest BCUT2D eigenvalue weighted by atomic mass is 10.1. The second-order valence-electron chi connectivity index (χ2n) is 3.64. The van der Waals surface area contributed by atoms with Gasteiger partial charge in [0.05, 0.1) is 0 Å². The molecule has 0 radical (unpaired) electrons. The van der Waals surface area contributed by atoms with E-state index in [0.29, 0.717) is 11.2 Å².